The molecule has 0 aliphatic carbocycles. The van der Waals surface area contributed by atoms with Crippen LogP contribution in [-0.4, -0.2) is 9.97 Å². The van der Waals surface area contributed by atoms with Gasteiger partial charge in [0.05, 0.1) is 8.66 Å². The molecule has 2 heterocycles. The highest BCUT2D eigenvalue weighted by molar-refractivity contribution is 9.11. The highest BCUT2D eigenvalue weighted by atomic mass is 79.9. The van der Waals surface area contributed by atoms with Crippen molar-refractivity contribution >= 4 is 38.9 Å². The third-order valence-corrected chi connectivity index (χ3v) is 4.37. The lowest BCUT2D eigenvalue weighted by Gasteiger charge is -2.11. The van der Waals surface area contributed by atoms with E-state index in [9.17, 15) is 0 Å². The van der Waals surface area contributed by atoms with E-state index in [1.165, 1.54) is 0 Å². The van der Waals surface area contributed by atoms with Crippen molar-refractivity contribution in [1.82, 2.24) is 9.97 Å². The van der Waals surface area contributed by atoms with Crippen molar-refractivity contribution in [3.05, 3.63) is 32.3 Å². The fourth-order valence-corrected chi connectivity index (χ4v) is 3.50. The lowest BCUT2D eigenvalue weighted by Crippen LogP contribution is -2.01. The van der Waals surface area contributed by atoms with Crippen LogP contribution in [0.1, 0.15) is 31.0 Å². The smallest absolute Gasteiger partial charge is 0.171 e. The minimum atomic E-state index is 0.339. The number of halogens is 2. The van der Waals surface area contributed by atoms with Crippen LogP contribution in [0.15, 0.2) is 15.9 Å². The van der Waals surface area contributed by atoms with Crippen LogP contribution in [-0.2, 0) is 0 Å². The monoisotopic (exact) mass is 330 g/mol. The average Bonchev–Trinajstić information content (AvgIpc) is 2.63. The molecule has 2 nitrogen and oxygen atoms in total. The third-order valence-electron chi connectivity index (χ3n) is 2.46. The zero-order valence-corrected chi connectivity index (χ0v) is 12.9. The highest BCUT2D eigenvalue weighted by Crippen LogP contribution is 2.32. The molecule has 90 valence electrons. The van der Waals surface area contributed by atoms with Crippen LogP contribution in [0.5, 0.6) is 0 Å². The van der Waals surface area contributed by atoms with Gasteiger partial charge in [0, 0.05) is 11.3 Å². The fraction of sp³-hybridized carbons (Fsp3) is 0.333. The van der Waals surface area contributed by atoms with Crippen molar-refractivity contribution < 1.29 is 0 Å². The Labute approximate surface area is 118 Å². The van der Waals surface area contributed by atoms with Gasteiger partial charge in [-0.15, -0.1) is 11.3 Å². The van der Waals surface area contributed by atoms with E-state index in [1.807, 2.05) is 19.1 Å². The van der Waals surface area contributed by atoms with Crippen molar-refractivity contribution in [3.8, 4) is 10.7 Å². The summed E-state index contributed by atoms with van der Waals surface area (Å²) in [4.78, 5) is 9.94. The summed E-state index contributed by atoms with van der Waals surface area (Å²) < 4.78 is 1.07. The summed E-state index contributed by atoms with van der Waals surface area (Å²) >= 11 is 11.3. The highest BCUT2D eigenvalue weighted by Gasteiger charge is 2.14. The van der Waals surface area contributed by atoms with Gasteiger partial charge in [-0.05, 0) is 40.9 Å². The maximum absolute atomic E-state index is 6.23. The van der Waals surface area contributed by atoms with Crippen LogP contribution in [0, 0.1) is 6.92 Å². The molecule has 0 spiro atoms. The lowest BCUT2D eigenvalue weighted by atomic mass is 10.0. The molecular weight excluding hydrogens is 320 g/mol. The van der Waals surface area contributed by atoms with Crippen molar-refractivity contribution in [2.75, 3.05) is 0 Å². The Balaban J connectivity index is 2.52. The van der Waals surface area contributed by atoms with E-state index in [0.717, 1.165) is 19.9 Å². The minimum Gasteiger partial charge on any atom is -0.232 e. The molecule has 5 heteroatoms. The van der Waals surface area contributed by atoms with Gasteiger partial charge >= 0.3 is 0 Å². The van der Waals surface area contributed by atoms with E-state index in [2.05, 4.69) is 39.7 Å². The molecule has 2 aromatic heterocycles. The molecule has 17 heavy (non-hydrogen) atoms. The topological polar surface area (TPSA) is 25.8 Å². The van der Waals surface area contributed by atoms with Gasteiger partial charge in [-0.1, -0.05) is 25.4 Å². The van der Waals surface area contributed by atoms with E-state index in [0.29, 0.717) is 16.9 Å². The molecule has 2 rings (SSSR count). The first-order valence-electron chi connectivity index (χ1n) is 5.28. The molecule has 0 amide bonds. The Bertz CT molecular complexity index is 528. The normalized spacial score (nSPS) is 11.2. The van der Waals surface area contributed by atoms with Crippen LogP contribution in [0.3, 0.4) is 0 Å². The van der Waals surface area contributed by atoms with E-state index in [4.69, 9.17) is 11.6 Å². The maximum Gasteiger partial charge on any atom is 0.171 e. The van der Waals surface area contributed by atoms with Crippen LogP contribution in [0.4, 0.5) is 0 Å². The summed E-state index contributed by atoms with van der Waals surface area (Å²) in [5.41, 5.74) is 1.99. The molecule has 0 saturated heterocycles. The van der Waals surface area contributed by atoms with Crippen molar-refractivity contribution in [3.63, 3.8) is 0 Å². The number of hydrogen-bond donors (Lipinski definition) is 0. The van der Waals surface area contributed by atoms with Gasteiger partial charge in [-0.3, -0.25) is 0 Å². The summed E-state index contributed by atoms with van der Waals surface area (Å²) in [6.45, 7) is 6.17. The average molecular weight is 332 g/mol. The Morgan fingerprint density at radius 1 is 1.29 bits per heavy atom. The molecule has 0 aliphatic heterocycles. The minimum absolute atomic E-state index is 0.339. The summed E-state index contributed by atoms with van der Waals surface area (Å²) in [6, 6.07) is 3.98. The molecule has 0 bridgehead atoms. The van der Waals surface area contributed by atoms with Crippen LogP contribution in [0.25, 0.3) is 10.7 Å². The van der Waals surface area contributed by atoms with Gasteiger partial charge in [-0.2, -0.15) is 0 Å². The Morgan fingerprint density at radius 3 is 2.47 bits per heavy atom. The molecular formula is C12H12BrClN2S. The summed E-state index contributed by atoms with van der Waals surface area (Å²) in [7, 11) is 0. The number of aryl methyl sites for hydroxylation is 1. The van der Waals surface area contributed by atoms with Crippen LogP contribution < -0.4 is 0 Å². The molecule has 2 aromatic rings. The summed E-state index contributed by atoms with van der Waals surface area (Å²) in [6.07, 6.45) is 0. The van der Waals surface area contributed by atoms with Gasteiger partial charge in [0.25, 0.3) is 0 Å². The fourth-order valence-electron chi connectivity index (χ4n) is 1.75. The quantitative estimate of drug-likeness (QED) is 0.719. The van der Waals surface area contributed by atoms with E-state index in [-0.39, 0.29) is 0 Å². The lowest BCUT2D eigenvalue weighted by molar-refractivity contribution is 0.831. The molecule has 0 saturated carbocycles. The maximum atomic E-state index is 6.23. The Hall–Kier alpha value is -0.450. The predicted octanol–water partition coefficient (Wildman–Crippen LogP) is 5.05. The molecule has 0 atom stereocenters. The first kappa shape index (κ1) is 13.0. The zero-order chi connectivity index (χ0) is 12.6. The molecule has 0 aromatic carbocycles. The van der Waals surface area contributed by atoms with Gasteiger partial charge in [0.2, 0.25) is 0 Å². The second-order valence-corrected chi connectivity index (χ2v) is 6.92. The molecule has 0 unspecified atom stereocenters. The second kappa shape index (κ2) is 5.04. The standard InChI is InChI=1S/C12H12BrClN2S/c1-6(2)10-7(3)15-12(16-11(10)14)8-4-5-9(13)17-8/h4-6H,1-3H3. The summed E-state index contributed by atoms with van der Waals surface area (Å²) in [5.74, 6) is 1.04. The number of nitrogens with zero attached hydrogens (tertiary/aromatic N) is 2. The zero-order valence-electron chi connectivity index (χ0n) is 9.79. The van der Waals surface area contributed by atoms with Crippen LogP contribution >= 0.6 is 38.9 Å². The second-order valence-electron chi connectivity index (χ2n) is 4.10. The Kier molecular flexibility index (Phi) is 3.85. The predicted molar refractivity (Wildman–Crippen MR) is 76.9 cm³/mol. The first-order valence-corrected chi connectivity index (χ1v) is 7.27. The van der Waals surface area contributed by atoms with Gasteiger partial charge in [0.1, 0.15) is 5.15 Å². The number of aromatic nitrogens is 2. The van der Waals surface area contributed by atoms with Crippen molar-refractivity contribution in [1.29, 1.82) is 0 Å². The largest absolute Gasteiger partial charge is 0.232 e. The molecule has 0 fully saturated rings. The van der Waals surface area contributed by atoms with E-state index < -0.39 is 0 Å². The Morgan fingerprint density at radius 2 is 2.00 bits per heavy atom. The first-order chi connectivity index (χ1) is 7.99. The van der Waals surface area contributed by atoms with Gasteiger partial charge in [-0.25, -0.2) is 9.97 Å². The van der Waals surface area contributed by atoms with E-state index in [1.54, 1.807) is 11.3 Å². The van der Waals surface area contributed by atoms with Gasteiger partial charge in [0.15, 0.2) is 5.82 Å². The van der Waals surface area contributed by atoms with E-state index >= 15 is 0 Å². The van der Waals surface area contributed by atoms with Crippen LogP contribution in [0.2, 0.25) is 5.15 Å². The van der Waals surface area contributed by atoms with Crippen molar-refractivity contribution in [2.45, 2.75) is 26.7 Å². The molecule has 0 N–H and O–H groups in total. The number of hydrogen-bond acceptors (Lipinski definition) is 3. The number of rotatable bonds is 2. The SMILES string of the molecule is Cc1nc(-c2ccc(Br)s2)nc(Cl)c1C(C)C. The molecule has 0 aliphatic rings. The van der Waals surface area contributed by atoms with Crippen molar-refractivity contribution in [2.24, 2.45) is 0 Å². The van der Waals surface area contributed by atoms with Gasteiger partial charge < -0.3 is 0 Å². The third kappa shape index (κ3) is 2.69. The summed E-state index contributed by atoms with van der Waals surface area (Å²) in [5, 5.41) is 0.562. The number of thiophene rings is 1. The molecule has 0 radical (unpaired) electrons.